The Kier molecular flexibility index (Phi) is 3.60. The number of hydrogen-bond acceptors (Lipinski definition) is 5. The molecule has 3 heterocycles. The van der Waals surface area contributed by atoms with E-state index >= 15 is 0 Å². The fourth-order valence-electron chi connectivity index (χ4n) is 3.59. The first-order valence-electron chi connectivity index (χ1n) is 7.42. The van der Waals surface area contributed by atoms with E-state index in [0.717, 1.165) is 18.7 Å². The van der Waals surface area contributed by atoms with Crippen LogP contribution >= 0.6 is 0 Å². The SMILES string of the molecule is Cc1cnc(C(=O)N2C[C@H]3CCN(C)C[C@@]3(C(=O)O)C2)cn1. The fourth-order valence-corrected chi connectivity index (χ4v) is 3.59. The highest BCUT2D eigenvalue weighted by atomic mass is 16.4. The van der Waals surface area contributed by atoms with Gasteiger partial charge in [-0.05, 0) is 32.9 Å². The van der Waals surface area contributed by atoms with Crippen LogP contribution in [0.1, 0.15) is 22.6 Å². The van der Waals surface area contributed by atoms with Crippen LogP contribution in [0, 0.1) is 18.3 Å². The molecule has 1 aromatic rings. The number of piperidine rings is 1. The number of likely N-dealkylation sites (tertiary alicyclic amines) is 2. The monoisotopic (exact) mass is 304 g/mol. The van der Waals surface area contributed by atoms with E-state index < -0.39 is 11.4 Å². The number of aromatic nitrogens is 2. The Morgan fingerprint density at radius 3 is 2.73 bits per heavy atom. The summed E-state index contributed by atoms with van der Waals surface area (Å²) in [7, 11) is 1.93. The highest BCUT2D eigenvalue weighted by molar-refractivity contribution is 5.93. The Balaban J connectivity index is 1.84. The number of carbonyl (C=O) groups is 2. The quantitative estimate of drug-likeness (QED) is 0.843. The molecule has 0 saturated carbocycles. The molecule has 3 rings (SSSR count). The summed E-state index contributed by atoms with van der Waals surface area (Å²) in [5, 5.41) is 9.73. The van der Waals surface area contributed by atoms with E-state index in [4.69, 9.17) is 0 Å². The van der Waals surface area contributed by atoms with E-state index in [-0.39, 0.29) is 24.1 Å². The minimum Gasteiger partial charge on any atom is -0.481 e. The number of fused-ring (bicyclic) bond motifs is 1. The van der Waals surface area contributed by atoms with Gasteiger partial charge in [0.1, 0.15) is 11.1 Å². The first-order valence-corrected chi connectivity index (χ1v) is 7.42. The van der Waals surface area contributed by atoms with Crippen molar-refractivity contribution in [3.05, 3.63) is 23.8 Å². The molecule has 0 radical (unpaired) electrons. The van der Waals surface area contributed by atoms with Crippen LogP contribution in [0.15, 0.2) is 12.4 Å². The number of aryl methyl sites for hydroxylation is 1. The molecular formula is C15H20N4O3. The van der Waals surface area contributed by atoms with Gasteiger partial charge in [0.15, 0.2) is 0 Å². The van der Waals surface area contributed by atoms with Crippen LogP contribution in [0.25, 0.3) is 0 Å². The zero-order valence-electron chi connectivity index (χ0n) is 12.8. The van der Waals surface area contributed by atoms with Crippen LogP contribution in [0.2, 0.25) is 0 Å². The molecule has 0 unspecified atom stereocenters. The lowest BCUT2D eigenvalue weighted by molar-refractivity contribution is -0.153. The molecule has 1 aromatic heterocycles. The van der Waals surface area contributed by atoms with Crippen molar-refractivity contribution in [3.63, 3.8) is 0 Å². The van der Waals surface area contributed by atoms with Crippen molar-refractivity contribution in [1.82, 2.24) is 19.8 Å². The molecule has 0 bridgehead atoms. The lowest BCUT2D eigenvalue weighted by Gasteiger charge is -2.39. The van der Waals surface area contributed by atoms with Gasteiger partial charge in [0.05, 0.1) is 11.9 Å². The van der Waals surface area contributed by atoms with E-state index in [0.29, 0.717) is 13.1 Å². The average molecular weight is 304 g/mol. The first-order chi connectivity index (χ1) is 10.4. The summed E-state index contributed by atoms with van der Waals surface area (Å²) in [5.41, 5.74) is 0.161. The molecule has 2 saturated heterocycles. The molecule has 2 atom stereocenters. The standard InChI is InChI=1S/C15H20N4O3/c1-10-5-17-12(6-16-10)13(20)19-7-11-3-4-18(2)8-15(11,9-19)14(21)22/h5-6,11H,3-4,7-9H2,1-2H3,(H,21,22)/t11-,15-/m1/s1. The second-order valence-corrected chi connectivity index (χ2v) is 6.41. The number of rotatable bonds is 2. The third-order valence-corrected chi connectivity index (χ3v) is 4.82. The summed E-state index contributed by atoms with van der Waals surface area (Å²) in [4.78, 5) is 36.3. The number of nitrogens with zero attached hydrogens (tertiary/aromatic N) is 4. The lowest BCUT2D eigenvalue weighted by atomic mass is 9.73. The van der Waals surface area contributed by atoms with Crippen LogP contribution in [0.5, 0.6) is 0 Å². The molecule has 0 aromatic carbocycles. The molecule has 7 heteroatoms. The largest absolute Gasteiger partial charge is 0.481 e. The first kappa shape index (κ1) is 14.9. The van der Waals surface area contributed by atoms with Crippen LogP contribution in [-0.2, 0) is 4.79 Å². The number of carbonyl (C=O) groups excluding carboxylic acids is 1. The van der Waals surface area contributed by atoms with Crippen molar-refractivity contribution in [2.75, 3.05) is 33.2 Å². The van der Waals surface area contributed by atoms with E-state index in [9.17, 15) is 14.7 Å². The van der Waals surface area contributed by atoms with Gasteiger partial charge in [0.25, 0.3) is 5.91 Å². The Morgan fingerprint density at radius 1 is 1.32 bits per heavy atom. The molecule has 1 amide bonds. The normalized spacial score (nSPS) is 28.5. The molecule has 2 aliphatic rings. The maximum absolute atomic E-state index is 12.6. The Hall–Kier alpha value is -2.02. The summed E-state index contributed by atoms with van der Waals surface area (Å²) in [6.07, 6.45) is 3.81. The zero-order valence-corrected chi connectivity index (χ0v) is 12.8. The van der Waals surface area contributed by atoms with E-state index in [1.807, 2.05) is 11.9 Å². The predicted molar refractivity (Wildman–Crippen MR) is 78.3 cm³/mol. The summed E-state index contributed by atoms with van der Waals surface area (Å²) in [5.74, 6) is -1.04. The van der Waals surface area contributed by atoms with Crippen molar-refractivity contribution in [1.29, 1.82) is 0 Å². The van der Waals surface area contributed by atoms with Gasteiger partial charge in [-0.15, -0.1) is 0 Å². The fraction of sp³-hybridized carbons (Fsp3) is 0.600. The molecule has 2 fully saturated rings. The maximum Gasteiger partial charge on any atom is 0.313 e. The molecule has 0 spiro atoms. The van der Waals surface area contributed by atoms with E-state index in [2.05, 4.69) is 9.97 Å². The second-order valence-electron chi connectivity index (χ2n) is 6.41. The minimum atomic E-state index is -0.860. The molecular weight excluding hydrogens is 284 g/mol. The van der Waals surface area contributed by atoms with Gasteiger partial charge in [-0.25, -0.2) is 4.98 Å². The number of carboxylic acids is 1. The van der Waals surface area contributed by atoms with Gasteiger partial charge in [-0.3, -0.25) is 14.6 Å². The molecule has 0 aliphatic carbocycles. The lowest BCUT2D eigenvalue weighted by Crippen LogP contribution is -2.52. The van der Waals surface area contributed by atoms with Crippen LogP contribution < -0.4 is 0 Å². The minimum absolute atomic E-state index is 0.00329. The molecule has 22 heavy (non-hydrogen) atoms. The highest BCUT2D eigenvalue weighted by Crippen LogP contribution is 2.42. The molecule has 1 N–H and O–H groups in total. The van der Waals surface area contributed by atoms with Gasteiger partial charge >= 0.3 is 5.97 Å². The summed E-state index contributed by atoms with van der Waals surface area (Å²) >= 11 is 0. The van der Waals surface area contributed by atoms with Crippen molar-refractivity contribution < 1.29 is 14.7 Å². The summed E-state index contributed by atoms with van der Waals surface area (Å²) in [6, 6.07) is 0. The van der Waals surface area contributed by atoms with Crippen LogP contribution in [-0.4, -0.2) is 70.0 Å². The Morgan fingerprint density at radius 2 is 2.09 bits per heavy atom. The van der Waals surface area contributed by atoms with E-state index in [1.165, 1.54) is 6.20 Å². The van der Waals surface area contributed by atoms with Crippen LogP contribution in [0.4, 0.5) is 0 Å². The Bertz CT molecular complexity index is 603. The van der Waals surface area contributed by atoms with Gasteiger partial charge in [0, 0.05) is 25.8 Å². The predicted octanol–water partition coefficient (Wildman–Crippen LogP) is 0.264. The average Bonchev–Trinajstić information content (AvgIpc) is 2.87. The maximum atomic E-state index is 12.6. The van der Waals surface area contributed by atoms with Gasteiger partial charge in [-0.2, -0.15) is 0 Å². The molecule has 7 nitrogen and oxygen atoms in total. The zero-order chi connectivity index (χ0) is 15.9. The topological polar surface area (TPSA) is 86.6 Å². The third kappa shape index (κ3) is 2.35. The van der Waals surface area contributed by atoms with Gasteiger partial charge in [-0.1, -0.05) is 0 Å². The summed E-state index contributed by atoms with van der Waals surface area (Å²) < 4.78 is 0. The van der Waals surface area contributed by atoms with Crippen molar-refractivity contribution in [3.8, 4) is 0 Å². The summed E-state index contributed by atoms with van der Waals surface area (Å²) in [6.45, 7) is 3.88. The highest BCUT2D eigenvalue weighted by Gasteiger charge is 2.55. The van der Waals surface area contributed by atoms with Crippen molar-refractivity contribution >= 4 is 11.9 Å². The second kappa shape index (κ2) is 5.31. The van der Waals surface area contributed by atoms with Gasteiger partial charge < -0.3 is 14.9 Å². The van der Waals surface area contributed by atoms with Gasteiger partial charge in [0.2, 0.25) is 0 Å². The van der Waals surface area contributed by atoms with Crippen molar-refractivity contribution in [2.45, 2.75) is 13.3 Å². The number of carboxylic acid groups (broad SMARTS) is 1. The molecule has 118 valence electrons. The third-order valence-electron chi connectivity index (χ3n) is 4.82. The van der Waals surface area contributed by atoms with Crippen molar-refractivity contribution in [2.24, 2.45) is 11.3 Å². The smallest absolute Gasteiger partial charge is 0.313 e. The van der Waals surface area contributed by atoms with E-state index in [1.54, 1.807) is 18.0 Å². The molecule has 2 aliphatic heterocycles. The Labute approximate surface area is 129 Å². The number of amides is 1. The van der Waals surface area contributed by atoms with Crippen LogP contribution in [0.3, 0.4) is 0 Å². The number of aliphatic carboxylic acids is 1. The number of hydrogen-bond donors (Lipinski definition) is 1.